The summed E-state index contributed by atoms with van der Waals surface area (Å²) in [6.07, 6.45) is 6.20. The molecule has 23 heavy (non-hydrogen) atoms. The molecule has 1 fully saturated rings. The molecule has 2 atom stereocenters. The first kappa shape index (κ1) is 16.1. The number of carbonyl (C=O) groups is 1. The van der Waals surface area contributed by atoms with Gasteiger partial charge in [0.2, 0.25) is 5.91 Å². The molecule has 6 heteroatoms. The van der Waals surface area contributed by atoms with Crippen LogP contribution in [0.5, 0.6) is 0 Å². The number of nitrogens with zero attached hydrogens (tertiary/aromatic N) is 2. The van der Waals surface area contributed by atoms with Crippen molar-refractivity contribution in [1.29, 1.82) is 0 Å². The molecular weight excluding hydrogens is 310 g/mol. The molecule has 0 aromatic carbocycles. The number of nitrogens with one attached hydrogen (secondary N) is 1. The minimum Gasteiger partial charge on any atom is -0.396 e. The molecule has 5 nitrogen and oxygen atoms in total. The molecule has 0 aliphatic heterocycles. The number of aromatic nitrogens is 2. The summed E-state index contributed by atoms with van der Waals surface area (Å²) < 4.78 is 0. The van der Waals surface area contributed by atoms with Crippen molar-refractivity contribution in [2.45, 2.75) is 38.1 Å². The standard InChI is InChI=1S/C17H21N3O2S/c21-10-12-5-1-2-6-14(12)20-16(22)9-13-11-23-17(19-13)15-7-3-4-8-18-15/h3-4,7-8,11-12,14,21H,1-2,5-6,9-10H2,(H,20,22). The summed E-state index contributed by atoms with van der Waals surface area (Å²) in [4.78, 5) is 21.0. The van der Waals surface area contributed by atoms with E-state index in [1.54, 1.807) is 6.20 Å². The van der Waals surface area contributed by atoms with E-state index in [9.17, 15) is 9.90 Å². The molecule has 0 spiro atoms. The lowest BCUT2D eigenvalue weighted by atomic mass is 9.85. The topological polar surface area (TPSA) is 75.1 Å². The normalized spacial score (nSPS) is 21.1. The van der Waals surface area contributed by atoms with Crippen molar-refractivity contribution in [1.82, 2.24) is 15.3 Å². The van der Waals surface area contributed by atoms with E-state index in [2.05, 4.69) is 15.3 Å². The van der Waals surface area contributed by atoms with Crippen LogP contribution in [-0.4, -0.2) is 33.6 Å². The molecule has 2 aromatic heterocycles. The first-order chi connectivity index (χ1) is 11.3. The predicted molar refractivity (Wildman–Crippen MR) is 90.0 cm³/mol. The summed E-state index contributed by atoms with van der Waals surface area (Å²) in [6, 6.07) is 5.80. The van der Waals surface area contributed by atoms with E-state index >= 15 is 0 Å². The second-order valence-corrected chi connectivity index (χ2v) is 6.79. The van der Waals surface area contributed by atoms with Crippen molar-refractivity contribution in [3.63, 3.8) is 0 Å². The van der Waals surface area contributed by atoms with Gasteiger partial charge in [-0.05, 0) is 25.0 Å². The van der Waals surface area contributed by atoms with Gasteiger partial charge in [0.1, 0.15) is 5.01 Å². The molecule has 1 amide bonds. The van der Waals surface area contributed by atoms with Crippen LogP contribution in [0.1, 0.15) is 31.4 Å². The number of rotatable bonds is 5. The van der Waals surface area contributed by atoms with E-state index in [4.69, 9.17) is 0 Å². The Morgan fingerprint density at radius 1 is 1.35 bits per heavy atom. The van der Waals surface area contributed by atoms with E-state index in [1.165, 1.54) is 11.3 Å². The third kappa shape index (κ3) is 4.14. The number of hydrogen-bond donors (Lipinski definition) is 2. The number of hydrogen-bond acceptors (Lipinski definition) is 5. The van der Waals surface area contributed by atoms with Gasteiger partial charge < -0.3 is 10.4 Å². The maximum Gasteiger partial charge on any atom is 0.226 e. The molecule has 2 unspecified atom stereocenters. The number of thiazole rings is 1. The molecule has 0 radical (unpaired) electrons. The van der Waals surface area contributed by atoms with E-state index in [0.717, 1.165) is 42.1 Å². The largest absolute Gasteiger partial charge is 0.396 e. The van der Waals surface area contributed by atoms with Gasteiger partial charge in [0, 0.05) is 30.1 Å². The Kier molecular flexibility index (Phi) is 5.35. The molecule has 2 aromatic rings. The smallest absolute Gasteiger partial charge is 0.226 e. The lowest BCUT2D eigenvalue weighted by Crippen LogP contribution is -2.44. The number of aliphatic hydroxyl groups is 1. The quantitative estimate of drug-likeness (QED) is 0.882. The van der Waals surface area contributed by atoms with Gasteiger partial charge in [0.15, 0.2) is 0 Å². The van der Waals surface area contributed by atoms with E-state index in [-0.39, 0.29) is 30.9 Å². The molecule has 122 valence electrons. The zero-order chi connectivity index (χ0) is 16.1. The van der Waals surface area contributed by atoms with Crippen LogP contribution in [0.25, 0.3) is 10.7 Å². The van der Waals surface area contributed by atoms with Crippen molar-refractivity contribution in [3.05, 3.63) is 35.5 Å². The van der Waals surface area contributed by atoms with Crippen LogP contribution in [0.4, 0.5) is 0 Å². The monoisotopic (exact) mass is 331 g/mol. The highest BCUT2D eigenvalue weighted by Gasteiger charge is 2.25. The van der Waals surface area contributed by atoms with Gasteiger partial charge in [0.05, 0.1) is 17.8 Å². The highest BCUT2D eigenvalue weighted by Crippen LogP contribution is 2.24. The molecule has 0 saturated heterocycles. The minimum atomic E-state index is -0.0202. The third-order valence-electron chi connectivity index (χ3n) is 4.27. The summed E-state index contributed by atoms with van der Waals surface area (Å²) in [7, 11) is 0. The van der Waals surface area contributed by atoms with Gasteiger partial charge in [-0.15, -0.1) is 11.3 Å². The Labute approximate surface area is 139 Å². The lowest BCUT2D eigenvalue weighted by molar-refractivity contribution is -0.121. The van der Waals surface area contributed by atoms with Gasteiger partial charge in [-0.25, -0.2) is 4.98 Å². The Morgan fingerprint density at radius 3 is 3.00 bits per heavy atom. The SMILES string of the molecule is O=C(Cc1csc(-c2ccccn2)n1)NC1CCCCC1CO. The van der Waals surface area contributed by atoms with E-state index in [0.29, 0.717) is 0 Å². The number of aliphatic hydroxyl groups excluding tert-OH is 1. The van der Waals surface area contributed by atoms with Crippen LogP contribution >= 0.6 is 11.3 Å². The fourth-order valence-corrected chi connectivity index (χ4v) is 3.83. The first-order valence-corrected chi connectivity index (χ1v) is 8.90. The molecular formula is C17H21N3O2S. The maximum atomic E-state index is 12.2. The van der Waals surface area contributed by atoms with Gasteiger partial charge in [-0.1, -0.05) is 18.9 Å². The van der Waals surface area contributed by atoms with Crippen molar-refractivity contribution >= 4 is 17.2 Å². The maximum absolute atomic E-state index is 12.2. The fraction of sp³-hybridized carbons (Fsp3) is 0.471. The summed E-state index contributed by atoms with van der Waals surface area (Å²) >= 11 is 1.50. The summed E-state index contributed by atoms with van der Waals surface area (Å²) in [5, 5.41) is 15.2. The van der Waals surface area contributed by atoms with Gasteiger partial charge in [-0.3, -0.25) is 9.78 Å². The van der Waals surface area contributed by atoms with Crippen molar-refractivity contribution in [2.75, 3.05) is 6.61 Å². The van der Waals surface area contributed by atoms with Crippen molar-refractivity contribution < 1.29 is 9.90 Å². The second-order valence-electron chi connectivity index (χ2n) is 5.94. The summed E-state index contributed by atoms with van der Waals surface area (Å²) in [6.45, 7) is 0.144. The lowest BCUT2D eigenvalue weighted by Gasteiger charge is -2.30. The van der Waals surface area contributed by atoms with Crippen LogP contribution in [-0.2, 0) is 11.2 Å². The Morgan fingerprint density at radius 2 is 2.22 bits per heavy atom. The number of amides is 1. The van der Waals surface area contributed by atoms with Gasteiger partial charge in [0.25, 0.3) is 0 Å². The van der Waals surface area contributed by atoms with Crippen molar-refractivity contribution in [2.24, 2.45) is 5.92 Å². The highest BCUT2D eigenvalue weighted by atomic mass is 32.1. The average Bonchev–Trinajstić information content (AvgIpc) is 3.04. The molecule has 1 aliphatic rings. The van der Waals surface area contributed by atoms with Crippen LogP contribution in [0.2, 0.25) is 0 Å². The molecule has 1 saturated carbocycles. The third-order valence-corrected chi connectivity index (χ3v) is 5.18. The van der Waals surface area contributed by atoms with Gasteiger partial charge >= 0.3 is 0 Å². The zero-order valence-electron chi connectivity index (χ0n) is 12.9. The Bertz CT molecular complexity index is 644. The molecule has 1 aliphatic carbocycles. The van der Waals surface area contributed by atoms with E-state index in [1.807, 2.05) is 23.6 Å². The summed E-state index contributed by atoms with van der Waals surface area (Å²) in [5.74, 6) is 0.167. The number of pyridine rings is 1. The predicted octanol–water partition coefficient (Wildman–Crippen LogP) is 2.41. The van der Waals surface area contributed by atoms with Crippen molar-refractivity contribution in [3.8, 4) is 10.7 Å². The molecule has 0 bridgehead atoms. The number of carbonyl (C=O) groups excluding carboxylic acids is 1. The fourth-order valence-electron chi connectivity index (χ4n) is 3.03. The van der Waals surface area contributed by atoms with Crippen LogP contribution in [0.3, 0.4) is 0 Å². The van der Waals surface area contributed by atoms with E-state index < -0.39 is 0 Å². The molecule has 2 heterocycles. The Balaban J connectivity index is 1.59. The Hall–Kier alpha value is -1.79. The van der Waals surface area contributed by atoms with Crippen LogP contribution in [0.15, 0.2) is 29.8 Å². The molecule has 3 rings (SSSR count). The van der Waals surface area contributed by atoms with Crippen LogP contribution < -0.4 is 5.32 Å². The minimum absolute atomic E-state index is 0.0202. The average molecular weight is 331 g/mol. The summed E-state index contributed by atoms with van der Waals surface area (Å²) in [5.41, 5.74) is 1.60. The zero-order valence-corrected chi connectivity index (χ0v) is 13.8. The first-order valence-electron chi connectivity index (χ1n) is 8.02. The molecule has 2 N–H and O–H groups in total. The second kappa shape index (κ2) is 7.66. The highest BCUT2D eigenvalue weighted by molar-refractivity contribution is 7.13. The van der Waals surface area contributed by atoms with Crippen LogP contribution in [0, 0.1) is 5.92 Å². The van der Waals surface area contributed by atoms with Gasteiger partial charge in [-0.2, -0.15) is 0 Å².